The normalized spacial score (nSPS) is 18.8. The van der Waals surface area contributed by atoms with Crippen molar-refractivity contribution in [2.75, 3.05) is 19.7 Å². The van der Waals surface area contributed by atoms with Crippen molar-refractivity contribution in [3.8, 4) is 0 Å². The maximum Gasteiger partial charge on any atom is 0.559 e. The molecule has 0 radical (unpaired) electrons. The lowest BCUT2D eigenvalue weighted by Gasteiger charge is -2.29. The number of hydrogen-bond donors (Lipinski definition) is 2. The summed E-state index contributed by atoms with van der Waals surface area (Å²) in [6.45, 7) is 8.51. The summed E-state index contributed by atoms with van der Waals surface area (Å²) in [4.78, 5) is 43.2. The Bertz CT molecular complexity index is 1440. The van der Waals surface area contributed by atoms with Gasteiger partial charge in [-0.25, -0.2) is 4.79 Å². The van der Waals surface area contributed by atoms with Gasteiger partial charge >= 0.3 is 12.1 Å². The first kappa shape index (κ1) is 28.7. The average Bonchev–Trinajstić information content (AvgIpc) is 3.57. The van der Waals surface area contributed by atoms with E-state index < -0.39 is 22.3 Å². The topological polar surface area (TPSA) is 100 Å². The summed E-state index contributed by atoms with van der Waals surface area (Å²) in [5.41, 5.74) is 2.17. The van der Waals surface area contributed by atoms with Crippen LogP contribution in [0.4, 0.5) is 14.6 Å². The van der Waals surface area contributed by atoms with Crippen LogP contribution >= 0.6 is 11.3 Å². The molecule has 4 amide bonds. The largest absolute Gasteiger partial charge is 0.559 e. The van der Waals surface area contributed by atoms with Gasteiger partial charge in [0, 0.05) is 16.7 Å². The lowest BCUT2D eigenvalue weighted by atomic mass is 9.94. The van der Waals surface area contributed by atoms with E-state index in [9.17, 15) is 14.4 Å². The number of piperidine rings is 1. The Labute approximate surface area is 244 Å². The zero-order valence-electron chi connectivity index (χ0n) is 23.7. The van der Waals surface area contributed by atoms with Gasteiger partial charge in [-0.1, -0.05) is 60.2 Å². The first-order valence-electron chi connectivity index (χ1n) is 14.0. The van der Waals surface area contributed by atoms with E-state index in [0.29, 0.717) is 16.1 Å². The summed E-state index contributed by atoms with van der Waals surface area (Å²) < 4.78 is 4.30. The molecule has 2 aromatic carbocycles. The molecule has 41 heavy (non-hydrogen) atoms. The highest BCUT2D eigenvalue weighted by Crippen LogP contribution is 2.41. The van der Waals surface area contributed by atoms with Gasteiger partial charge in [-0.2, -0.15) is 4.79 Å². The Morgan fingerprint density at radius 1 is 1.00 bits per heavy atom. The van der Waals surface area contributed by atoms with E-state index in [0.717, 1.165) is 30.8 Å². The third-order valence-corrected chi connectivity index (χ3v) is 8.47. The maximum absolute atomic E-state index is 14.0. The second-order valence-corrected chi connectivity index (χ2v) is 11.7. The van der Waals surface area contributed by atoms with Crippen LogP contribution in [0.2, 0.25) is 0 Å². The molecule has 2 aliphatic rings. The lowest BCUT2D eigenvalue weighted by molar-refractivity contribution is 0.0973. The molecule has 1 fully saturated rings. The molecule has 3 heterocycles. The van der Waals surface area contributed by atoms with Gasteiger partial charge in [0.2, 0.25) is 10.8 Å². The van der Waals surface area contributed by atoms with Crippen molar-refractivity contribution in [2.45, 2.75) is 52.1 Å². The minimum atomic E-state index is -1.07. The molecule has 10 heteroatoms. The van der Waals surface area contributed by atoms with E-state index in [4.69, 9.17) is 4.74 Å². The number of fused-ring (bicyclic) bond motifs is 1. The number of amides is 4. The Morgan fingerprint density at radius 3 is 2.39 bits per heavy atom. The van der Waals surface area contributed by atoms with Crippen molar-refractivity contribution in [2.24, 2.45) is 5.10 Å². The quantitative estimate of drug-likeness (QED) is 0.355. The SMILES string of the molecule is CCOC(=O)[N+]1(C(=O)NC(C)(C)c2ccccc2)N=C(NC(=O)c2ccc(CN3CCCCC3)cc2)c2ccsc21. The van der Waals surface area contributed by atoms with Gasteiger partial charge in [0.1, 0.15) is 0 Å². The summed E-state index contributed by atoms with van der Waals surface area (Å²) in [6.07, 6.45) is 2.89. The third kappa shape index (κ3) is 5.81. The van der Waals surface area contributed by atoms with Crippen LogP contribution in [0.5, 0.6) is 0 Å². The highest BCUT2D eigenvalue weighted by molar-refractivity contribution is 7.14. The van der Waals surface area contributed by atoms with Crippen molar-refractivity contribution >= 4 is 40.2 Å². The summed E-state index contributed by atoms with van der Waals surface area (Å²) in [5, 5.41) is 12.5. The van der Waals surface area contributed by atoms with Crippen molar-refractivity contribution in [1.82, 2.24) is 20.1 Å². The first-order valence-corrected chi connectivity index (χ1v) is 14.9. The number of rotatable bonds is 6. The Morgan fingerprint density at radius 2 is 1.71 bits per heavy atom. The second-order valence-electron chi connectivity index (χ2n) is 10.8. The number of carbonyl (C=O) groups is 3. The fraction of sp³-hybridized carbons (Fsp3) is 0.355. The molecule has 1 saturated heterocycles. The molecule has 2 aliphatic heterocycles. The van der Waals surface area contributed by atoms with Crippen molar-refractivity contribution in [3.63, 3.8) is 0 Å². The molecular formula is C31H36N5O4S+. The number of ether oxygens (including phenoxy) is 1. The number of amidine groups is 1. The molecule has 0 saturated carbocycles. The summed E-state index contributed by atoms with van der Waals surface area (Å²) in [5.74, 6) is -0.233. The number of nitrogens with zero attached hydrogens (tertiary/aromatic N) is 3. The highest BCUT2D eigenvalue weighted by Gasteiger charge is 2.59. The Hall–Kier alpha value is -3.86. The Kier molecular flexibility index (Phi) is 8.35. The molecule has 5 rings (SSSR count). The van der Waals surface area contributed by atoms with Crippen LogP contribution in [0, 0.1) is 0 Å². The molecule has 3 aromatic rings. The van der Waals surface area contributed by atoms with Crippen molar-refractivity contribution in [3.05, 3.63) is 88.3 Å². The smallest absolute Gasteiger partial charge is 0.418 e. The van der Waals surface area contributed by atoms with Crippen LogP contribution in [0.3, 0.4) is 0 Å². The van der Waals surface area contributed by atoms with Gasteiger partial charge in [-0.3, -0.25) is 15.0 Å². The van der Waals surface area contributed by atoms with Crippen LogP contribution in [0.15, 0.2) is 71.1 Å². The zero-order valence-corrected chi connectivity index (χ0v) is 24.5. The van der Waals surface area contributed by atoms with Gasteiger partial charge in [0.25, 0.3) is 5.91 Å². The van der Waals surface area contributed by atoms with E-state index in [-0.39, 0.29) is 18.3 Å². The molecule has 1 atom stereocenters. The van der Waals surface area contributed by atoms with Crippen molar-refractivity contribution in [1.29, 1.82) is 0 Å². The minimum absolute atomic E-state index is 0.0654. The van der Waals surface area contributed by atoms with Gasteiger partial charge in [0.15, 0.2) is 0 Å². The maximum atomic E-state index is 14.0. The standard InChI is InChI=1S/C31H35N5O4S/c1-4-40-30(39)36(29(38)33-31(2,3)24-11-7-5-8-12-24)28-25(17-20-41-28)26(34-36)32-27(37)23-15-13-22(14-16-23)21-35-18-9-6-10-19-35/h5,7-8,11-17,20H,4,6,9-10,18-19,21H2,1-3H3,(H-,32,33,34,37,38)/p+1. The predicted molar refractivity (Wildman–Crippen MR) is 161 cm³/mol. The molecular weight excluding hydrogens is 538 g/mol. The predicted octanol–water partition coefficient (Wildman–Crippen LogP) is 5.95. The lowest BCUT2D eigenvalue weighted by Crippen LogP contribution is -2.61. The summed E-state index contributed by atoms with van der Waals surface area (Å²) >= 11 is 1.21. The van der Waals surface area contributed by atoms with Gasteiger partial charge in [-0.15, -0.1) is 0 Å². The van der Waals surface area contributed by atoms with Crippen LogP contribution in [-0.2, 0) is 16.8 Å². The number of carbonyl (C=O) groups excluding carboxylic acids is 3. The van der Waals surface area contributed by atoms with E-state index in [1.807, 2.05) is 56.3 Å². The summed E-state index contributed by atoms with van der Waals surface area (Å²) in [6, 6.07) is 18.1. The first-order chi connectivity index (χ1) is 19.7. The average molecular weight is 575 g/mol. The van der Waals surface area contributed by atoms with Crippen LogP contribution in [0.25, 0.3) is 0 Å². The zero-order chi connectivity index (χ0) is 29.0. The fourth-order valence-electron chi connectivity index (χ4n) is 5.23. The number of benzene rings is 2. The number of nitrogens with one attached hydrogen (secondary N) is 2. The van der Waals surface area contributed by atoms with E-state index in [2.05, 4.69) is 20.6 Å². The van der Waals surface area contributed by atoms with Crippen LogP contribution < -0.4 is 15.2 Å². The molecule has 2 N–H and O–H groups in total. The Balaban J connectivity index is 1.40. The molecule has 0 aliphatic carbocycles. The van der Waals surface area contributed by atoms with E-state index in [1.54, 1.807) is 30.5 Å². The van der Waals surface area contributed by atoms with Gasteiger partial charge < -0.3 is 10.1 Å². The fourth-order valence-corrected chi connectivity index (χ4v) is 6.20. The molecule has 1 unspecified atom stereocenters. The number of hydrogen-bond acceptors (Lipinski definition) is 7. The molecule has 0 spiro atoms. The highest BCUT2D eigenvalue weighted by atomic mass is 32.1. The molecule has 9 nitrogen and oxygen atoms in total. The van der Waals surface area contributed by atoms with Crippen LogP contribution in [-0.4, -0.2) is 48.5 Å². The minimum Gasteiger partial charge on any atom is -0.418 e. The van der Waals surface area contributed by atoms with E-state index >= 15 is 0 Å². The monoisotopic (exact) mass is 574 g/mol. The second kappa shape index (κ2) is 11.9. The third-order valence-electron chi connectivity index (χ3n) is 7.49. The molecule has 214 valence electrons. The number of urea groups is 1. The number of quaternary nitrogens is 1. The number of thiophene rings is 1. The van der Waals surface area contributed by atoms with Crippen LogP contribution in [0.1, 0.15) is 67.1 Å². The van der Waals surface area contributed by atoms with Gasteiger partial charge in [0.05, 0.1) is 17.7 Å². The van der Waals surface area contributed by atoms with Crippen molar-refractivity contribution < 1.29 is 19.1 Å². The van der Waals surface area contributed by atoms with E-state index in [1.165, 1.54) is 30.6 Å². The van der Waals surface area contributed by atoms with Gasteiger partial charge in [-0.05, 0) is 86.5 Å². The molecule has 0 bridgehead atoms. The summed E-state index contributed by atoms with van der Waals surface area (Å²) in [7, 11) is 0. The number of likely N-dealkylation sites (tertiary alicyclic amines) is 1. The number of imide groups is 1. The molecule has 1 aromatic heterocycles.